The van der Waals surface area contributed by atoms with Gasteiger partial charge in [-0.1, -0.05) is 12.1 Å². The Balaban J connectivity index is 2.60. The van der Waals surface area contributed by atoms with Gasteiger partial charge in [-0.25, -0.2) is 0 Å². The molecule has 0 fully saturated rings. The number of pyridine rings is 1. The first-order valence-electron chi connectivity index (χ1n) is 5.25. The third-order valence-electron chi connectivity index (χ3n) is 2.58. The summed E-state index contributed by atoms with van der Waals surface area (Å²) in [4.78, 5) is 13.8. The SMILES string of the molecule is Nc1cc(N)c(=O)[nH]c1-c1cccc(C(F)(F)F)c1. The van der Waals surface area contributed by atoms with E-state index in [-0.39, 0.29) is 22.6 Å². The van der Waals surface area contributed by atoms with Crippen molar-refractivity contribution in [3.05, 3.63) is 46.2 Å². The van der Waals surface area contributed by atoms with Gasteiger partial charge >= 0.3 is 6.18 Å². The largest absolute Gasteiger partial charge is 0.416 e. The fourth-order valence-corrected chi connectivity index (χ4v) is 1.65. The van der Waals surface area contributed by atoms with Gasteiger partial charge in [0.15, 0.2) is 0 Å². The van der Waals surface area contributed by atoms with E-state index in [1.165, 1.54) is 18.2 Å². The van der Waals surface area contributed by atoms with E-state index in [1.807, 2.05) is 0 Å². The van der Waals surface area contributed by atoms with Crippen molar-refractivity contribution < 1.29 is 13.2 Å². The maximum absolute atomic E-state index is 12.6. The molecule has 100 valence electrons. The van der Waals surface area contributed by atoms with Gasteiger partial charge in [-0.15, -0.1) is 0 Å². The van der Waals surface area contributed by atoms with Gasteiger partial charge in [-0.05, 0) is 18.2 Å². The molecule has 0 unspecified atom stereocenters. The highest BCUT2D eigenvalue weighted by molar-refractivity contribution is 5.74. The molecule has 0 spiro atoms. The van der Waals surface area contributed by atoms with Crippen LogP contribution in [0.3, 0.4) is 0 Å². The third kappa shape index (κ3) is 2.54. The number of rotatable bonds is 1. The predicted octanol–water partition coefficient (Wildman–Crippen LogP) is 2.23. The Morgan fingerprint density at radius 2 is 1.74 bits per heavy atom. The molecule has 2 aromatic rings. The number of nitrogen functional groups attached to an aromatic ring is 2. The predicted molar refractivity (Wildman–Crippen MR) is 66.3 cm³/mol. The van der Waals surface area contributed by atoms with Crippen LogP contribution in [0.5, 0.6) is 0 Å². The maximum atomic E-state index is 12.6. The summed E-state index contributed by atoms with van der Waals surface area (Å²) in [5.41, 5.74) is 9.90. The molecule has 1 aromatic heterocycles. The lowest BCUT2D eigenvalue weighted by Gasteiger charge is -2.10. The quantitative estimate of drug-likeness (QED) is 0.742. The highest BCUT2D eigenvalue weighted by Crippen LogP contribution is 2.32. The second-order valence-electron chi connectivity index (χ2n) is 3.96. The van der Waals surface area contributed by atoms with E-state index in [2.05, 4.69) is 4.98 Å². The van der Waals surface area contributed by atoms with Crippen molar-refractivity contribution in [3.63, 3.8) is 0 Å². The van der Waals surface area contributed by atoms with Crippen LogP contribution in [0.4, 0.5) is 24.5 Å². The van der Waals surface area contributed by atoms with Gasteiger partial charge in [0, 0.05) is 5.56 Å². The van der Waals surface area contributed by atoms with E-state index in [0.717, 1.165) is 12.1 Å². The second kappa shape index (κ2) is 4.34. The topological polar surface area (TPSA) is 84.9 Å². The maximum Gasteiger partial charge on any atom is 0.416 e. The van der Waals surface area contributed by atoms with Crippen molar-refractivity contribution in [2.24, 2.45) is 0 Å². The number of anilines is 2. The zero-order valence-corrected chi connectivity index (χ0v) is 9.58. The van der Waals surface area contributed by atoms with Crippen LogP contribution in [0.15, 0.2) is 35.1 Å². The van der Waals surface area contributed by atoms with Crippen molar-refractivity contribution in [2.45, 2.75) is 6.18 Å². The summed E-state index contributed by atoms with van der Waals surface area (Å²) in [7, 11) is 0. The molecular weight excluding hydrogens is 259 g/mol. The van der Waals surface area contributed by atoms with E-state index in [0.29, 0.717) is 0 Å². The van der Waals surface area contributed by atoms with E-state index in [1.54, 1.807) is 0 Å². The number of aromatic amines is 1. The summed E-state index contributed by atoms with van der Waals surface area (Å²) < 4.78 is 37.8. The first-order chi connectivity index (χ1) is 8.79. The minimum atomic E-state index is -4.46. The smallest absolute Gasteiger partial charge is 0.397 e. The Morgan fingerprint density at radius 1 is 1.05 bits per heavy atom. The normalized spacial score (nSPS) is 11.5. The highest BCUT2D eigenvalue weighted by atomic mass is 19.4. The fourth-order valence-electron chi connectivity index (χ4n) is 1.65. The van der Waals surface area contributed by atoms with E-state index in [9.17, 15) is 18.0 Å². The number of nitrogens with two attached hydrogens (primary N) is 2. The molecule has 7 heteroatoms. The monoisotopic (exact) mass is 269 g/mol. The molecule has 0 saturated carbocycles. The summed E-state index contributed by atoms with van der Waals surface area (Å²) in [5.74, 6) is 0. The third-order valence-corrected chi connectivity index (χ3v) is 2.58. The average Bonchev–Trinajstić information content (AvgIpc) is 2.33. The Kier molecular flexibility index (Phi) is 2.97. The molecule has 4 nitrogen and oxygen atoms in total. The summed E-state index contributed by atoms with van der Waals surface area (Å²) in [6.45, 7) is 0. The van der Waals surface area contributed by atoms with Gasteiger partial charge in [0.05, 0.1) is 22.6 Å². The lowest BCUT2D eigenvalue weighted by Crippen LogP contribution is -2.14. The average molecular weight is 269 g/mol. The Labute approximate surface area is 105 Å². The fraction of sp³-hybridized carbons (Fsp3) is 0.0833. The van der Waals surface area contributed by atoms with Gasteiger partial charge in [0.1, 0.15) is 0 Å². The van der Waals surface area contributed by atoms with Crippen LogP contribution in [0.1, 0.15) is 5.56 Å². The van der Waals surface area contributed by atoms with Gasteiger partial charge < -0.3 is 16.5 Å². The van der Waals surface area contributed by atoms with Gasteiger partial charge in [-0.2, -0.15) is 13.2 Å². The Hall–Kier alpha value is -2.44. The number of hydrogen-bond donors (Lipinski definition) is 3. The lowest BCUT2D eigenvalue weighted by atomic mass is 10.1. The molecule has 0 amide bonds. The van der Waals surface area contributed by atoms with Crippen LogP contribution < -0.4 is 17.0 Å². The first-order valence-corrected chi connectivity index (χ1v) is 5.25. The second-order valence-corrected chi connectivity index (χ2v) is 3.96. The molecule has 0 aliphatic heterocycles. The summed E-state index contributed by atoms with van der Waals surface area (Å²) in [6, 6.07) is 5.74. The number of nitrogens with one attached hydrogen (secondary N) is 1. The van der Waals surface area contributed by atoms with Crippen molar-refractivity contribution in [3.8, 4) is 11.3 Å². The molecule has 1 heterocycles. The Bertz CT molecular complexity index is 677. The lowest BCUT2D eigenvalue weighted by molar-refractivity contribution is -0.137. The zero-order chi connectivity index (χ0) is 14.2. The summed E-state index contributed by atoms with van der Waals surface area (Å²) in [6.07, 6.45) is -4.46. The molecule has 0 aliphatic rings. The van der Waals surface area contributed by atoms with Crippen molar-refractivity contribution in [2.75, 3.05) is 11.5 Å². The van der Waals surface area contributed by atoms with Crippen LogP contribution in [-0.4, -0.2) is 4.98 Å². The number of aromatic nitrogens is 1. The number of halogens is 3. The molecule has 0 aliphatic carbocycles. The van der Waals surface area contributed by atoms with Gasteiger partial charge in [0.2, 0.25) is 0 Å². The van der Waals surface area contributed by atoms with Gasteiger partial charge in [0.25, 0.3) is 5.56 Å². The van der Waals surface area contributed by atoms with Crippen LogP contribution in [0.25, 0.3) is 11.3 Å². The van der Waals surface area contributed by atoms with E-state index >= 15 is 0 Å². The molecule has 2 rings (SSSR count). The molecule has 0 bridgehead atoms. The van der Waals surface area contributed by atoms with Crippen molar-refractivity contribution in [1.29, 1.82) is 0 Å². The minimum Gasteiger partial charge on any atom is -0.397 e. The molecule has 0 radical (unpaired) electrons. The molecule has 5 N–H and O–H groups in total. The van der Waals surface area contributed by atoms with Crippen molar-refractivity contribution >= 4 is 11.4 Å². The highest BCUT2D eigenvalue weighted by Gasteiger charge is 2.30. The number of alkyl halides is 3. The molecule has 19 heavy (non-hydrogen) atoms. The zero-order valence-electron chi connectivity index (χ0n) is 9.58. The number of hydrogen-bond acceptors (Lipinski definition) is 3. The first kappa shape index (κ1) is 13.0. The Morgan fingerprint density at radius 3 is 2.37 bits per heavy atom. The summed E-state index contributed by atoms with van der Waals surface area (Å²) in [5, 5.41) is 0. The standard InChI is InChI=1S/C12H10F3N3O/c13-12(14,15)7-3-1-2-6(4-7)10-8(16)5-9(17)11(19)18-10/h1-5H,16-17H2,(H,18,19). The van der Waals surface area contributed by atoms with Crippen molar-refractivity contribution in [1.82, 2.24) is 4.98 Å². The molecule has 0 saturated heterocycles. The number of benzene rings is 1. The van der Waals surface area contributed by atoms with E-state index < -0.39 is 17.3 Å². The van der Waals surface area contributed by atoms with Crippen LogP contribution >= 0.6 is 0 Å². The summed E-state index contributed by atoms with van der Waals surface area (Å²) >= 11 is 0. The van der Waals surface area contributed by atoms with Crippen LogP contribution in [-0.2, 0) is 6.18 Å². The molecule has 0 atom stereocenters. The minimum absolute atomic E-state index is 0.0896. The number of H-pyrrole nitrogens is 1. The molecular formula is C12H10F3N3O. The van der Waals surface area contributed by atoms with Crippen LogP contribution in [0.2, 0.25) is 0 Å². The van der Waals surface area contributed by atoms with Crippen LogP contribution in [0, 0.1) is 0 Å². The van der Waals surface area contributed by atoms with E-state index in [4.69, 9.17) is 11.5 Å². The van der Waals surface area contributed by atoms with Gasteiger partial charge in [-0.3, -0.25) is 4.79 Å². The molecule has 1 aromatic carbocycles.